The summed E-state index contributed by atoms with van der Waals surface area (Å²) in [5.74, 6) is 1.64. The van der Waals surface area contributed by atoms with Crippen LogP contribution >= 0.6 is 0 Å². The Balaban J connectivity index is 0.000000409. The van der Waals surface area contributed by atoms with Crippen LogP contribution < -0.4 is 4.57 Å². The molecular formula is C45H64B2N3O+. The first kappa shape index (κ1) is 45.1. The molecule has 0 amide bonds. The summed E-state index contributed by atoms with van der Waals surface area (Å²) in [6, 6.07) is 24.4. The van der Waals surface area contributed by atoms with Crippen LogP contribution in [0.1, 0.15) is 113 Å². The van der Waals surface area contributed by atoms with Gasteiger partial charge in [-0.2, -0.15) is 0 Å². The van der Waals surface area contributed by atoms with Crippen LogP contribution in [-0.2, 0) is 12.3 Å². The minimum absolute atomic E-state index is 0.234. The Labute approximate surface area is 314 Å². The lowest BCUT2D eigenvalue weighted by Crippen LogP contribution is -2.41. The fourth-order valence-corrected chi connectivity index (χ4v) is 4.96. The molecule has 0 atom stereocenters. The number of benzene rings is 2. The van der Waals surface area contributed by atoms with Gasteiger partial charge in [-0.1, -0.05) is 135 Å². The van der Waals surface area contributed by atoms with Crippen molar-refractivity contribution in [3.8, 4) is 22.5 Å². The first-order chi connectivity index (χ1) is 24.1. The van der Waals surface area contributed by atoms with Gasteiger partial charge in [-0.15, -0.1) is 0 Å². The van der Waals surface area contributed by atoms with Crippen molar-refractivity contribution in [3.63, 3.8) is 0 Å². The lowest BCUT2D eigenvalue weighted by atomic mass is 9.41. The van der Waals surface area contributed by atoms with Crippen molar-refractivity contribution >= 4 is 38.3 Å². The highest BCUT2D eigenvalue weighted by Crippen LogP contribution is 2.39. The first-order valence-corrected chi connectivity index (χ1v) is 18.7. The van der Waals surface area contributed by atoms with Gasteiger partial charge in [0, 0.05) is 40.6 Å². The summed E-state index contributed by atoms with van der Waals surface area (Å²) in [7, 11) is 14.7. The van der Waals surface area contributed by atoms with Gasteiger partial charge in [0.2, 0.25) is 11.6 Å². The van der Waals surface area contributed by atoms with E-state index in [2.05, 4.69) is 86.7 Å². The average Bonchev–Trinajstić information content (AvgIpc) is 3.44. The van der Waals surface area contributed by atoms with Crippen LogP contribution in [0.15, 0.2) is 94.6 Å². The zero-order valence-corrected chi connectivity index (χ0v) is 34.5. The van der Waals surface area contributed by atoms with Crippen molar-refractivity contribution in [2.24, 2.45) is 23.4 Å². The van der Waals surface area contributed by atoms with Crippen LogP contribution in [0.4, 0.5) is 5.88 Å². The van der Waals surface area contributed by atoms with E-state index in [4.69, 9.17) is 20.1 Å². The number of aliphatic imine (C=N–C) groups is 1. The molecule has 3 aromatic heterocycles. The van der Waals surface area contributed by atoms with Crippen molar-refractivity contribution < 1.29 is 8.98 Å². The number of furan rings is 1. The van der Waals surface area contributed by atoms with E-state index in [1.54, 1.807) is 6.20 Å². The van der Waals surface area contributed by atoms with Gasteiger partial charge in [0.1, 0.15) is 7.05 Å². The Morgan fingerprint density at radius 3 is 1.96 bits per heavy atom. The second kappa shape index (κ2) is 21.4. The van der Waals surface area contributed by atoms with Crippen LogP contribution in [0.2, 0.25) is 0 Å². The monoisotopic (exact) mass is 685 g/mol. The molecule has 270 valence electrons. The SMILES string of the molecule is CC.CC.CC(C)=Nc1oc2c(-c3cccc[n+]3C)c(C)ccc2c1C.CCC(C)CC.[B]C([B])(c1ccnc(-c2ccccc2)c1)C(C)(C)C. The van der Waals surface area contributed by atoms with E-state index >= 15 is 0 Å². The molecule has 0 saturated heterocycles. The van der Waals surface area contributed by atoms with Crippen molar-refractivity contribution in [2.45, 2.75) is 115 Å². The Hall–Kier alpha value is -3.92. The van der Waals surface area contributed by atoms with Crippen LogP contribution in [0, 0.1) is 25.2 Å². The molecule has 0 bridgehead atoms. The molecule has 4 nitrogen and oxygen atoms in total. The van der Waals surface area contributed by atoms with E-state index in [0.29, 0.717) is 5.88 Å². The first-order valence-electron chi connectivity index (χ1n) is 18.7. The smallest absolute Gasteiger partial charge is 0.222 e. The third-order valence-electron chi connectivity index (χ3n) is 8.87. The highest BCUT2D eigenvalue weighted by Gasteiger charge is 2.33. The topological polar surface area (TPSA) is 42.3 Å². The van der Waals surface area contributed by atoms with E-state index in [9.17, 15) is 0 Å². The predicted octanol–water partition coefficient (Wildman–Crippen LogP) is 12.4. The summed E-state index contributed by atoms with van der Waals surface area (Å²) < 4.78 is 8.25. The second-order valence-corrected chi connectivity index (χ2v) is 13.8. The zero-order valence-electron chi connectivity index (χ0n) is 34.5. The summed E-state index contributed by atoms with van der Waals surface area (Å²) in [5.41, 5.74) is 9.10. The molecule has 5 rings (SSSR count). The standard InChI is InChI=1S/C19H21N2O.C16H17B2N.C6H14.2C2H6/c1-12(2)20-19-14(4)15-10-9-13(3)17(18(15)22-19)16-8-6-7-11-21(16)5;1-15(2,3)16(17,18)13-9-10-19-14(11-13)12-7-5-4-6-8-12;1-4-6(3)5-2;2*1-2/h6-11H,1-5H3;4-11H,1-3H3;6H,4-5H2,1-3H3;2*1-2H3/q+1;;;;. The maximum atomic E-state index is 6.31. The van der Waals surface area contributed by atoms with E-state index in [1.165, 1.54) is 18.4 Å². The molecule has 0 aliphatic rings. The lowest BCUT2D eigenvalue weighted by molar-refractivity contribution is -0.660. The number of rotatable bonds is 6. The summed E-state index contributed by atoms with van der Waals surface area (Å²) in [5, 5.41) is 0.240. The molecule has 0 N–H and O–H groups in total. The van der Waals surface area contributed by atoms with Gasteiger partial charge in [-0.05, 0) is 62.8 Å². The zero-order chi connectivity index (χ0) is 38.9. The van der Waals surface area contributed by atoms with E-state index in [0.717, 1.165) is 56.2 Å². The van der Waals surface area contributed by atoms with E-state index < -0.39 is 5.21 Å². The summed E-state index contributed by atoms with van der Waals surface area (Å²) in [6.07, 6.45) is 6.48. The van der Waals surface area contributed by atoms with Gasteiger partial charge >= 0.3 is 0 Å². The molecule has 6 heteroatoms. The third kappa shape index (κ3) is 12.4. The van der Waals surface area contributed by atoms with Crippen molar-refractivity contribution in [1.82, 2.24) is 4.98 Å². The summed E-state index contributed by atoms with van der Waals surface area (Å²) in [4.78, 5) is 8.92. The molecule has 5 aromatic rings. The molecule has 0 fully saturated rings. The molecule has 0 saturated carbocycles. The quantitative estimate of drug-likeness (QED) is 0.101. The minimum Gasteiger partial charge on any atom is -0.437 e. The van der Waals surface area contributed by atoms with Crippen molar-refractivity contribution in [1.29, 1.82) is 0 Å². The van der Waals surface area contributed by atoms with Crippen LogP contribution in [-0.4, -0.2) is 26.4 Å². The Bertz CT molecular complexity index is 1780. The minimum atomic E-state index is -0.889. The second-order valence-electron chi connectivity index (χ2n) is 13.8. The molecule has 4 radical (unpaired) electrons. The number of fused-ring (bicyclic) bond motifs is 1. The molecule has 51 heavy (non-hydrogen) atoms. The van der Waals surface area contributed by atoms with Crippen LogP contribution in [0.3, 0.4) is 0 Å². The highest BCUT2D eigenvalue weighted by molar-refractivity contribution is 6.40. The van der Waals surface area contributed by atoms with Crippen LogP contribution in [0.25, 0.3) is 33.5 Å². The number of hydrogen-bond donors (Lipinski definition) is 0. The molecule has 0 aliphatic carbocycles. The average molecular weight is 685 g/mol. The molecule has 0 unspecified atom stereocenters. The van der Waals surface area contributed by atoms with Gasteiger partial charge in [-0.3, -0.25) is 4.98 Å². The molecule has 0 aliphatic heterocycles. The van der Waals surface area contributed by atoms with Crippen molar-refractivity contribution in [2.75, 3.05) is 0 Å². The maximum Gasteiger partial charge on any atom is 0.222 e. The summed E-state index contributed by atoms with van der Waals surface area (Å²) in [6.45, 7) is 29.0. The lowest BCUT2D eigenvalue weighted by Gasteiger charge is -2.40. The molecule has 3 heterocycles. The number of pyridine rings is 2. The van der Waals surface area contributed by atoms with E-state index in [-0.39, 0.29) is 5.41 Å². The van der Waals surface area contributed by atoms with Gasteiger partial charge in [0.15, 0.2) is 11.8 Å². The largest absolute Gasteiger partial charge is 0.437 e. The number of aromatic nitrogens is 2. The van der Waals surface area contributed by atoms with Gasteiger partial charge in [0.25, 0.3) is 0 Å². The van der Waals surface area contributed by atoms with Gasteiger partial charge < -0.3 is 4.42 Å². The van der Waals surface area contributed by atoms with Crippen LogP contribution in [0.5, 0.6) is 0 Å². The molecular weight excluding hydrogens is 620 g/mol. The highest BCUT2D eigenvalue weighted by atomic mass is 16.3. The molecule has 2 aromatic carbocycles. The Kier molecular flexibility index (Phi) is 19.0. The number of aryl methyl sites for hydroxylation is 3. The number of hydrogen-bond acceptors (Lipinski definition) is 3. The van der Waals surface area contributed by atoms with Gasteiger partial charge in [0.05, 0.1) is 26.9 Å². The fourth-order valence-electron chi connectivity index (χ4n) is 4.96. The predicted molar refractivity (Wildman–Crippen MR) is 225 cm³/mol. The fraction of sp³-hybridized carbons (Fsp3) is 0.444. The van der Waals surface area contributed by atoms with Crippen molar-refractivity contribution in [3.05, 3.63) is 102 Å². The molecule has 0 spiro atoms. The Morgan fingerprint density at radius 2 is 1.45 bits per heavy atom. The van der Waals surface area contributed by atoms with Gasteiger partial charge in [-0.25, -0.2) is 9.56 Å². The third-order valence-corrected chi connectivity index (χ3v) is 8.87. The maximum absolute atomic E-state index is 6.31. The number of nitrogens with zero attached hydrogens (tertiary/aromatic N) is 3. The Morgan fingerprint density at radius 1 is 0.863 bits per heavy atom. The van der Waals surface area contributed by atoms with E-state index in [1.807, 2.05) is 111 Å². The summed E-state index contributed by atoms with van der Waals surface area (Å²) >= 11 is 0. The normalized spacial score (nSPS) is 10.7.